The molecule has 118 valence electrons. The Morgan fingerprint density at radius 2 is 1.86 bits per heavy atom. The third-order valence-electron chi connectivity index (χ3n) is 4.06. The van der Waals surface area contributed by atoms with E-state index >= 15 is 0 Å². The van der Waals surface area contributed by atoms with Gasteiger partial charge in [0, 0.05) is 38.1 Å². The number of piperidine rings is 1. The number of hydrogen-bond acceptors (Lipinski definition) is 5. The van der Waals surface area contributed by atoms with Gasteiger partial charge in [0.25, 0.3) is 0 Å². The Kier molecular flexibility index (Phi) is 5.24. The summed E-state index contributed by atoms with van der Waals surface area (Å²) in [5.74, 6) is -0.764. The summed E-state index contributed by atoms with van der Waals surface area (Å²) in [6, 6.07) is -0.183. The fourth-order valence-corrected chi connectivity index (χ4v) is 3.85. The lowest BCUT2D eigenvalue weighted by molar-refractivity contribution is -0.185. The van der Waals surface area contributed by atoms with E-state index in [2.05, 4.69) is 15.9 Å². The van der Waals surface area contributed by atoms with Crippen LogP contribution in [0.25, 0.3) is 0 Å². The molecule has 0 spiro atoms. The van der Waals surface area contributed by atoms with Crippen molar-refractivity contribution in [2.75, 3.05) is 11.9 Å². The van der Waals surface area contributed by atoms with Gasteiger partial charge in [0.2, 0.25) is 5.91 Å². The average Bonchev–Trinajstić information content (AvgIpc) is 2.74. The van der Waals surface area contributed by atoms with Crippen LogP contribution in [0.3, 0.4) is 0 Å². The highest BCUT2D eigenvalue weighted by molar-refractivity contribution is 9.09. The van der Waals surface area contributed by atoms with Crippen molar-refractivity contribution < 1.29 is 23.9 Å². The van der Waals surface area contributed by atoms with Crippen molar-refractivity contribution >= 4 is 33.8 Å². The van der Waals surface area contributed by atoms with Crippen molar-refractivity contribution in [3.05, 3.63) is 0 Å². The largest absolute Gasteiger partial charge is 0.458 e. The Balaban J connectivity index is 2.27. The highest BCUT2D eigenvalue weighted by atomic mass is 79.9. The van der Waals surface area contributed by atoms with E-state index in [1.807, 2.05) is 0 Å². The summed E-state index contributed by atoms with van der Waals surface area (Å²) in [6.45, 7) is 3.23. The maximum atomic E-state index is 12.0. The molecule has 0 saturated carbocycles. The summed E-state index contributed by atoms with van der Waals surface area (Å²) in [5, 5.41) is 0.731. The van der Waals surface area contributed by atoms with Crippen LogP contribution in [0.5, 0.6) is 0 Å². The molecule has 0 bridgehead atoms. The van der Waals surface area contributed by atoms with E-state index in [0.717, 1.165) is 11.8 Å². The summed E-state index contributed by atoms with van der Waals surface area (Å²) < 4.78 is 10.9. The Bertz CT molecular complexity index is 441. The smallest absolute Gasteiger partial charge is 0.303 e. The third kappa shape index (κ3) is 3.56. The Labute approximate surface area is 132 Å². The van der Waals surface area contributed by atoms with Crippen LogP contribution in [0.2, 0.25) is 0 Å². The van der Waals surface area contributed by atoms with Crippen LogP contribution < -0.4 is 0 Å². The molecule has 0 aromatic rings. The zero-order chi connectivity index (χ0) is 15.6. The number of carbonyl (C=O) groups is 3. The fourth-order valence-electron chi connectivity index (χ4n) is 3.27. The third-order valence-corrected chi connectivity index (χ3v) is 4.52. The van der Waals surface area contributed by atoms with Crippen LogP contribution in [0, 0.1) is 5.92 Å². The van der Waals surface area contributed by atoms with Gasteiger partial charge in [-0.2, -0.15) is 0 Å². The van der Waals surface area contributed by atoms with Gasteiger partial charge < -0.3 is 14.4 Å². The molecule has 0 N–H and O–H groups in total. The lowest BCUT2D eigenvalue weighted by atomic mass is 9.85. The number of hydrogen-bond donors (Lipinski definition) is 0. The summed E-state index contributed by atoms with van der Waals surface area (Å²) in [4.78, 5) is 36.6. The number of fused-ring (bicyclic) bond motifs is 1. The molecule has 7 heteroatoms. The number of nitrogens with zero attached hydrogens (tertiary/aromatic N) is 1. The maximum absolute atomic E-state index is 12.0. The molecule has 2 aliphatic heterocycles. The van der Waals surface area contributed by atoms with Crippen molar-refractivity contribution in [3.8, 4) is 0 Å². The number of amides is 1. The van der Waals surface area contributed by atoms with Gasteiger partial charge in [-0.3, -0.25) is 14.4 Å². The highest BCUT2D eigenvalue weighted by Gasteiger charge is 2.51. The van der Waals surface area contributed by atoms with Crippen molar-refractivity contribution in [1.29, 1.82) is 0 Å². The Morgan fingerprint density at radius 1 is 1.24 bits per heavy atom. The van der Waals surface area contributed by atoms with Crippen molar-refractivity contribution in [3.63, 3.8) is 0 Å². The molecule has 4 atom stereocenters. The second-order valence-corrected chi connectivity index (χ2v) is 6.33. The van der Waals surface area contributed by atoms with E-state index in [4.69, 9.17) is 9.47 Å². The summed E-state index contributed by atoms with van der Waals surface area (Å²) in [5.41, 5.74) is 0. The van der Waals surface area contributed by atoms with Gasteiger partial charge in [-0.15, -0.1) is 0 Å². The van der Waals surface area contributed by atoms with Crippen LogP contribution in [-0.4, -0.2) is 52.9 Å². The van der Waals surface area contributed by atoms with Crippen LogP contribution >= 0.6 is 15.9 Å². The average molecular weight is 362 g/mol. The van der Waals surface area contributed by atoms with Gasteiger partial charge in [0.15, 0.2) is 6.10 Å². The minimum Gasteiger partial charge on any atom is -0.458 e. The number of esters is 2. The molecule has 2 heterocycles. The fraction of sp³-hybridized carbons (Fsp3) is 0.786. The van der Waals surface area contributed by atoms with Crippen molar-refractivity contribution in [2.24, 2.45) is 5.92 Å². The number of carbonyl (C=O) groups excluding carboxylic acids is 3. The summed E-state index contributed by atoms with van der Waals surface area (Å²) in [6.07, 6.45) is 0.768. The van der Waals surface area contributed by atoms with Crippen LogP contribution in [0.4, 0.5) is 0 Å². The summed E-state index contributed by atoms with van der Waals surface area (Å²) in [7, 11) is 0. The molecule has 21 heavy (non-hydrogen) atoms. The van der Waals surface area contributed by atoms with Crippen molar-refractivity contribution in [1.82, 2.24) is 4.90 Å². The zero-order valence-electron chi connectivity index (χ0n) is 12.2. The van der Waals surface area contributed by atoms with Crippen LogP contribution in [0.15, 0.2) is 0 Å². The molecule has 0 aromatic heterocycles. The first-order chi connectivity index (χ1) is 9.93. The predicted octanol–water partition coefficient (Wildman–Crippen LogP) is 1.26. The molecule has 2 fully saturated rings. The molecule has 0 aliphatic carbocycles. The first-order valence-corrected chi connectivity index (χ1v) is 8.26. The first-order valence-electron chi connectivity index (χ1n) is 7.14. The molecule has 2 rings (SSSR count). The van der Waals surface area contributed by atoms with Gasteiger partial charge >= 0.3 is 11.9 Å². The van der Waals surface area contributed by atoms with E-state index in [-0.39, 0.29) is 17.9 Å². The van der Waals surface area contributed by atoms with Gasteiger partial charge in [0.05, 0.1) is 6.04 Å². The van der Waals surface area contributed by atoms with E-state index in [1.54, 1.807) is 4.90 Å². The molecule has 0 unspecified atom stereocenters. The molecule has 6 nitrogen and oxygen atoms in total. The zero-order valence-corrected chi connectivity index (χ0v) is 13.8. The lowest BCUT2D eigenvalue weighted by Crippen LogP contribution is -2.59. The number of alkyl halides is 1. The summed E-state index contributed by atoms with van der Waals surface area (Å²) >= 11 is 3.39. The second-order valence-electron chi connectivity index (χ2n) is 5.54. The standard InChI is InChI=1S/C14H20BrNO5/c1-8(17)20-13-10(5-6-15)7-16-11(3-4-12(16)19)14(13)21-9(2)18/h10-11,13-14H,3-7H2,1-2H3/t10-,11-,13-,14+/m0/s1. The SMILES string of the molecule is CC(=O)O[C@H]1[C@@H](CCBr)CN2C(=O)CC[C@H]2[C@H]1OC(C)=O. The minimum absolute atomic E-state index is 0.0316. The maximum Gasteiger partial charge on any atom is 0.303 e. The first kappa shape index (κ1) is 16.3. The van der Waals surface area contributed by atoms with E-state index in [9.17, 15) is 14.4 Å². The molecule has 2 aliphatic rings. The van der Waals surface area contributed by atoms with Gasteiger partial charge in [0.1, 0.15) is 6.10 Å². The molecular formula is C14H20BrNO5. The topological polar surface area (TPSA) is 72.9 Å². The van der Waals surface area contributed by atoms with Gasteiger partial charge in [-0.1, -0.05) is 15.9 Å². The van der Waals surface area contributed by atoms with E-state index in [1.165, 1.54) is 13.8 Å². The Hall–Kier alpha value is -1.11. The van der Waals surface area contributed by atoms with Crippen LogP contribution in [-0.2, 0) is 23.9 Å². The van der Waals surface area contributed by atoms with E-state index < -0.39 is 24.1 Å². The molecule has 1 amide bonds. The quantitative estimate of drug-likeness (QED) is 0.556. The predicted molar refractivity (Wildman–Crippen MR) is 77.7 cm³/mol. The van der Waals surface area contributed by atoms with E-state index in [0.29, 0.717) is 19.4 Å². The number of rotatable bonds is 4. The highest BCUT2D eigenvalue weighted by Crippen LogP contribution is 2.36. The van der Waals surface area contributed by atoms with Gasteiger partial charge in [-0.25, -0.2) is 0 Å². The number of ether oxygens (including phenoxy) is 2. The molecule has 0 aromatic carbocycles. The molecule has 0 radical (unpaired) electrons. The monoisotopic (exact) mass is 361 g/mol. The Morgan fingerprint density at radius 3 is 2.43 bits per heavy atom. The second kappa shape index (κ2) is 6.77. The lowest BCUT2D eigenvalue weighted by Gasteiger charge is -2.45. The van der Waals surface area contributed by atoms with Crippen molar-refractivity contribution in [2.45, 2.75) is 51.4 Å². The number of halogens is 1. The minimum atomic E-state index is -0.573. The normalized spacial score (nSPS) is 31.8. The molecular weight excluding hydrogens is 342 g/mol. The van der Waals surface area contributed by atoms with Crippen LogP contribution in [0.1, 0.15) is 33.1 Å². The molecule has 2 saturated heterocycles. The van der Waals surface area contributed by atoms with Gasteiger partial charge in [-0.05, 0) is 12.8 Å².